The van der Waals surface area contributed by atoms with E-state index in [-0.39, 0.29) is 18.6 Å². The molecule has 0 aromatic rings. The molecule has 0 bridgehead atoms. The first-order valence-corrected chi connectivity index (χ1v) is 4.17. The van der Waals surface area contributed by atoms with Crippen LogP contribution in [-0.4, -0.2) is 43.7 Å². The highest BCUT2D eigenvalue weighted by Gasteiger charge is 2.13. The molecule has 72 valence electrons. The Morgan fingerprint density at radius 2 is 2.25 bits per heavy atom. The molecule has 0 heterocycles. The van der Waals surface area contributed by atoms with Crippen LogP contribution in [0.2, 0.25) is 0 Å². The third-order valence-electron chi connectivity index (χ3n) is 1.83. The number of likely N-dealkylation sites (N-methyl/N-ethyl adjacent to an activating group) is 1. The number of rotatable bonds is 5. The van der Waals surface area contributed by atoms with E-state index < -0.39 is 0 Å². The van der Waals surface area contributed by atoms with Crippen LogP contribution in [0.4, 0.5) is 0 Å². The van der Waals surface area contributed by atoms with Gasteiger partial charge in [0, 0.05) is 26.2 Å². The molecule has 0 aliphatic carbocycles. The number of carbonyl (C=O) groups is 1. The number of hydrogen-bond donors (Lipinski definition) is 1. The highest BCUT2D eigenvalue weighted by atomic mass is 16.5. The van der Waals surface area contributed by atoms with Gasteiger partial charge < -0.3 is 15.4 Å². The van der Waals surface area contributed by atoms with Crippen LogP contribution in [0.15, 0.2) is 0 Å². The molecular formula is C8H18N2O2. The topological polar surface area (TPSA) is 55.6 Å². The zero-order valence-corrected chi connectivity index (χ0v) is 8.04. The molecule has 0 aromatic carbocycles. The Morgan fingerprint density at radius 1 is 1.67 bits per heavy atom. The molecule has 0 radical (unpaired) electrons. The Hall–Kier alpha value is -0.610. The molecule has 12 heavy (non-hydrogen) atoms. The van der Waals surface area contributed by atoms with Gasteiger partial charge in [-0.1, -0.05) is 0 Å². The number of amides is 1. The summed E-state index contributed by atoms with van der Waals surface area (Å²) in [6.45, 7) is 4.96. The molecule has 0 rings (SSSR count). The molecule has 2 N–H and O–H groups in total. The van der Waals surface area contributed by atoms with Crippen molar-refractivity contribution >= 4 is 5.91 Å². The summed E-state index contributed by atoms with van der Waals surface area (Å²) in [5, 5.41) is 0. The average molecular weight is 174 g/mol. The Labute approximate surface area is 73.7 Å². The summed E-state index contributed by atoms with van der Waals surface area (Å²) in [6.07, 6.45) is 0. The highest BCUT2D eigenvalue weighted by molar-refractivity contribution is 5.77. The van der Waals surface area contributed by atoms with Gasteiger partial charge in [-0.25, -0.2) is 0 Å². The van der Waals surface area contributed by atoms with Gasteiger partial charge in [0.2, 0.25) is 5.91 Å². The van der Waals surface area contributed by atoms with Crippen molar-refractivity contribution in [2.75, 3.05) is 26.8 Å². The maximum Gasteiger partial charge on any atom is 0.248 e. The van der Waals surface area contributed by atoms with E-state index in [4.69, 9.17) is 10.5 Å². The fourth-order valence-electron chi connectivity index (χ4n) is 0.695. The molecule has 0 saturated carbocycles. The van der Waals surface area contributed by atoms with Crippen LogP contribution in [0.1, 0.15) is 13.8 Å². The first-order valence-electron chi connectivity index (χ1n) is 4.17. The number of nitrogens with zero attached hydrogens (tertiary/aromatic N) is 1. The standard InChI is InChI=1S/C8H18N2O2/c1-4-12-6-8(11)10(3)7(2)5-9/h7H,4-6,9H2,1-3H3. The molecule has 0 aliphatic heterocycles. The van der Waals surface area contributed by atoms with E-state index in [0.717, 1.165) is 0 Å². The first-order chi connectivity index (χ1) is 5.63. The van der Waals surface area contributed by atoms with Crippen LogP contribution in [0.25, 0.3) is 0 Å². The predicted octanol–water partition coefficient (Wildman–Crippen LogP) is -0.171. The van der Waals surface area contributed by atoms with Crippen LogP contribution < -0.4 is 5.73 Å². The number of carbonyl (C=O) groups excluding carboxylic acids is 1. The Balaban J connectivity index is 3.75. The molecule has 1 amide bonds. The summed E-state index contributed by atoms with van der Waals surface area (Å²) in [7, 11) is 1.74. The third-order valence-corrected chi connectivity index (χ3v) is 1.83. The summed E-state index contributed by atoms with van der Waals surface area (Å²) < 4.78 is 4.98. The van der Waals surface area contributed by atoms with E-state index in [9.17, 15) is 4.79 Å². The van der Waals surface area contributed by atoms with Gasteiger partial charge in [0.15, 0.2) is 0 Å². The first kappa shape index (κ1) is 11.4. The van der Waals surface area contributed by atoms with E-state index in [0.29, 0.717) is 13.2 Å². The van der Waals surface area contributed by atoms with Gasteiger partial charge in [-0.3, -0.25) is 4.79 Å². The van der Waals surface area contributed by atoms with E-state index in [2.05, 4.69) is 0 Å². The van der Waals surface area contributed by atoms with Crippen molar-refractivity contribution in [3.05, 3.63) is 0 Å². The van der Waals surface area contributed by atoms with Gasteiger partial charge in [0.1, 0.15) is 6.61 Å². The average Bonchev–Trinajstić information content (AvgIpc) is 2.11. The lowest BCUT2D eigenvalue weighted by Gasteiger charge is -2.23. The second-order valence-electron chi connectivity index (χ2n) is 2.73. The Bertz CT molecular complexity index is 139. The quantitative estimate of drug-likeness (QED) is 0.629. The fraction of sp³-hybridized carbons (Fsp3) is 0.875. The third kappa shape index (κ3) is 3.69. The number of hydrogen-bond acceptors (Lipinski definition) is 3. The van der Waals surface area contributed by atoms with E-state index in [1.165, 1.54) is 0 Å². The van der Waals surface area contributed by atoms with Gasteiger partial charge in [-0.05, 0) is 13.8 Å². The normalized spacial score (nSPS) is 12.7. The van der Waals surface area contributed by atoms with E-state index in [1.807, 2.05) is 13.8 Å². The summed E-state index contributed by atoms with van der Waals surface area (Å²) in [6, 6.07) is 0.0814. The molecule has 0 saturated heterocycles. The van der Waals surface area contributed by atoms with Crippen molar-refractivity contribution in [3.63, 3.8) is 0 Å². The van der Waals surface area contributed by atoms with E-state index >= 15 is 0 Å². The molecule has 0 aliphatic rings. The lowest BCUT2D eigenvalue weighted by molar-refractivity contribution is -0.136. The smallest absolute Gasteiger partial charge is 0.248 e. The van der Waals surface area contributed by atoms with Crippen LogP contribution in [0, 0.1) is 0 Å². The van der Waals surface area contributed by atoms with Crippen molar-refractivity contribution in [2.24, 2.45) is 5.73 Å². The SMILES string of the molecule is CCOCC(=O)N(C)C(C)CN. The molecule has 0 spiro atoms. The van der Waals surface area contributed by atoms with Gasteiger partial charge in [0.25, 0.3) is 0 Å². The van der Waals surface area contributed by atoms with Crippen molar-refractivity contribution in [3.8, 4) is 0 Å². The zero-order chi connectivity index (χ0) is 9.56. The predicted molar refractivity (Wildman–Crippen MR) is 47.8 cm³/mol. The maximum absolute atomic E-state index is 11.2. The molecule has 0 aromatic heterocycles. The maximum atomic E-state index is 11.2. The van der Waals surface area contributed by atoms with Gasteiger partial charge in [-0.2, -0.15) is 0 Å². The van der Waals surface area contributed by atoms with Gasteiger partial charge in [0.05, 0.1) is 0 Å². The molecular weight excluding hydrogens is 156 g/mol. The van der Waals surface area contributed by atoms with Crippen LogP contribution in [0.3, 0.4) is 0 Å². The highest BCUT2D eigenvalue weighted by Crippen LogP contribution is 1.94. The lowest BCUT2D eigenvalue weighted by Crippen LogP contribution is -2.41. The molecule has 1 atom stereocenters. The Kier molecular flexibility index (Phi) is 5.66. The number of ether oxygens (including phenoxy) is 1. The minimum Gasteiger partial charge on any atom is -0.372 e. The second-order valence-corrected chi connectivity index (χ2v) is 2.73. The van der Waals surface area contributed by atoms with Crippen molar-refractivity contribution < 1.29 is 9.53 Å². The van der Waals surface area contributed by atoms with Crippen LogP contribution in [0.5, 0.6) is 0 Å². The van der Waals surface area contributed by atoms with Gasteiger partial charge in [-0.15, -0.1) is 0 Å². The molecule has 1 unspecified atom stereocenters. The molecule has 4 nitrogen and oxygen atoms in total. The summed E-state index contributed by atoms with van der Waals surface area (Å²) >= 11 is 0. The molecule has 0 fully saturated rings. The fourth-order valence-corrected chi connectivity index (χ4v) is 0.695. The van der Waals surface area contributed by atoms with Crippen LogP contribution >= 0.6 is 0 Å². The minimum atomic E-state index is -0.0187. The zero-order valence-electron chi connectivity index (χ0n) is 8.04. The number of nitrogens with two attached hydrogens (primary N) is 1. The monoisotopic (exact) mass is 174 g/mol. The van der Waals surface area contributed by atoms with Crippen molar-refractivity contribution in [1.29, 1.82) is 0 Å². The molecule has 4 heteroatoms. The summed E-state index contributed by atoms with van der Waals surface area (Å²) in [5.41, 5.74) is 5.40. The van der Waals surface area contributed by atoms with Crippen molar-refractivity contribution in [1.82, 2.24) is 4.90 Å². The second kappa shape index (κ2) is 5.97. The van der Waals surface area contributed by atoms with E-state index in [1.54, 1.807) is 11.9 Å². The largest absolute Gasteiger partial charge is 0.372 e. The van der Waals surface area contributed by atoms with Crippen LogP contribution in [-0.2, 0) is 9.53 Å². The van der Waals surface area contributed by atoms with Crippen molar-refractivity contribution in [2.45, 2.75) is 19.9 Å². The Morgan fingerprint density at radius 3 is 2.67 bits per heavy atom. The summed E-state index contributed by atoms with van der Waals surface area (Å²) in [4.78, 5) is 12.9. The minimum absolute atomic E-state index is 0.0187. The lowest BCUT2D eigenvalue weighted by atomic mass is 10.3. The van der Waals surface area contributed by atoms with Gasteiger partial charge >= 0.3 is 0 Å². The summed E-state index contributed by atoms with van der Waals surface area (Å²) in [5.74, 6) is -0.0187.